The van der Waals surface area contributed by atoms with Crippen LogP contribution in [0.2, 0.25) is 0 Å². The van der Waals surface area contributed by atoms with Gasteiger partial charge in [0.1, 0.15) is 0 Å². The smallest absolute Gasteiger partial charge is 0.227 e. The van der Waals surface area contributed by atoms with Crippen molar-refractivity contribution >= 4 is 21.8 Å². The Kier molecular flexibility index (Phi) is 5.35. The highest BCUT2D eigenvalue weighted by atomic mass is 79.9. The van der Waals surface area contributed by atoms with Crippen molar-refractivity contribution in [3.05, 3.63) is 34.3 Å². The largest absolute Gasteiger partial charge is 0.389 e. The monoisotopic (exact) mass is 313 g/mol. The van der Waals surface area contributed by atoms with Crippen LogP contribution in [-0.2, 0) is 11.2 Å². The van der Waals surface area contributed by atoms with E-state index in [2.05, 4.69) is 15.9 Å². The third-order valence-electron chi connectivity index (χ3n) is 2.61. The van der Waals surface area contributed by atoms with E-state index in [0.717, 1.165) is 10.0 Å². The van der Waals surface area contributed by atoms with E-state index < -0.39 is 5.60 Å². The molecule has 0 atom stereocenters. The molecule has 100 valence electrons. The lowest BCUT2D eigenvalue weighted by Crippen LogP contribution is -2.42. The Labute approximate surface area is 117 Å². The summed E-state index contributed by atoms with van der Waals surface area (Å²) in [5.41, 5.74) is 0.108. The first-order valence-corrected chi connectivity index (χ1v) is 6.86. The number of aliphatic hydroxyl groups is 1. The third kappa shape index (κ3) is 4.78. The second-order valence-corrected chi connectivity index (χ2v) is 5.84. The molecule has 1 amide bonds. The van der Waals surface area contributed by atoms with E-state index in [1.165, 1.54) is 0 Å². The Hall–Kier alpha value is -0.870. The Balaban J connectivity index is 2.72. The average molecular weight is 314 g/mol. The van der Waals surface area contributed by atoms with Crippen LogP contribution in [0.4, 0.5) is 0 Å². The molecule has 1 N–H and O–H groups in total. The number of hydrogen-bond donors (Lipinski definition) is 1. The summed E-state index contributed by atoms with van der Waals surface area (Å²) in [6, 6.07) is 7.70. The number of likely N-dealkylation sites (N-methyl/N-ethyl adjacent to an activating group) is 1. The molecule has 0 radical (unpaired) electrons. The molecular formula is C14H20BrNO2. The number of nitrogens with zero attached hydrogens (tertiary/aromatic N) is 1. The molecule has 4 heteroatoms. The molecule has 0 bridgehead atoms. The van der Waals surface area contributed by atoms with Gasteiger partial charge in [-0.2, -0.15) is 0 Å². The van der Waals surface area contributed by atoms with Gasteiger partial charge in [-0.25, -0.2) is 0 Å². The maximum Gasteiger partial charge on any atom is 0.227 e. The number of amides is 1. The first-order chi connectivity index (χ1) is 8.33. The zero-order valence-electron chi connectivity index (χ0n) is 11.1. The number of carbonyl (C=O) groups excluding carboxylic acids is 1. The zero-order valence-corrected chi connectivity index (χ0v) is 12.7. The molecule has 1 aromatic rings. The summed E-state index contributed by atoms with van der Waals surface area (Å²) >= 11 is 3.44. The Morgan fingerprint density at radius 1 is 1.39 bits per heavy atom. The highest BCUT2D eigenvalue weighted by molar-refractivity contribution is 9.10. The van der Waals surface area contributed by atoms with Gasteiger partial charge < -0.3 is 10.0 Å². The van der Waals surface area contributed by atoms with Gasteiger partial charge in [-0.15, -0.1) is 0 Å². The van der Waals surface area contributed by atoms with E-state index >= 15 is 0 Å². The molecule has 0 aromatic heterocycles. The number of benzene rings is 1. The molecular weight excluding hydrogens is 294 g/mol. The SMILES string of the molecule is CCN(CC(C)(C)O)C(=O)Cc1ccccc1Br. The van der Waals surface area contributed by atoms with Crippen molar-refractivity contribution in [2.45, 2.75) is 32.8 Å². The fourth-order valence-corrected chi connectivity index (χ4v) is 2.18. The van der Waals surface area contributed by atoms with Crippen LogP contribution in [0, 0.1) is 0 Å². The second-order valence-electron chi connectivity index (χ2n) is 4.99. The molecule has 0 aliphatic heterocycles. The molecule has 18 heavy (non-hydrogen) atoms. The van der Waals surface area contributed by atoms with E-state index in [1.54, 1.807) is 18.7 Å². The maximum atomic E-state index is 12.2. The minimum absolute atomic E-state index is 0.0338. The molecule has 0 aliphatic rings. The highest BCUT2D eigenvalue weighted by Crippen LogP contribution is 2.17. The quantitative estimate of drug-likeness (QED) is 0.907. The summed E-state index contributed by atoms with van der Waals surface area (Å²) in [5, 5.41) is 9.79. The normalized spacial score (nSPS) is 11.4. The summed E-state index contributed by atoms with van der Waals surface area (Å²) in [6.07, 6.45) is 0.353. The van der Waals surface area contributed by atoms with Crippen molar-refractivity contribution in [1.82, 2.24) is 4.90 Å². The van der Waals surface area contributed by atoms with E-state index in [0.29, 0.717) is 19.5 Å². The lowest BCUT2D eigenvalue weighted by atomic mass is 10.1. The van der Waals surface area contributed by atoms with Crippen LogP contribution >= 0.6 is 15.9 Å². The first-order valence-electron chi connectivity index (χ1n) is 6.07. The summed E-state index contributed by atoms with van der Waals surface area (Å²) in [6.45, 7) is 6.30. The van der Waals surface area contributed by atoms with E-state index in [-0.39, 0.29) is 5.91 Å². The Morgan fingerprint density at radius 2 is 2.00 bits per heavy atom. The molecule has 0 fully saturated rings. The minimum atomic E-state index is -0.862. The summed E-state index contributed by atoms with van der Waals surface area (Å²) in [5.74, 6) is 0.0338. The van der Waals surface area contributed by atoms with Gasteiger partial charge in [0.05, 0.1) is 12.0 Å². The van der Waals surface area contributed by atoms with Crippen LogP contribution in [0.15, 0.2) is 28.7 Å². The third-order valence-corrected chi connectivity index (χ3v) is 3.39. The predicted octanol–water partition coefficient (Wildman–Crippen LogP) is 2.61. The van der Waals surface area contributed by atoms with Crippen LogP contribution < -0.4 is 0 Å². The van der Waals surface area contributed by atoms with Crippen molar-refractivity contribution < 1.29 is 9.90 Å². The molecule has 3 nitrogen and oxygen atoms in total. The highest BCUT2D eigenvalue weighted by Gasteiger charge is 2.21. The lowest BCUT2D eigenvalue weighted by Gasteiger charge is -2.28. The van der Waals surface area contributed by atoms with Gasteiger partial charge in [0.15, 0.2) is 0 Å². The van der Waals surface area contributed by atoms with Gasteiger partial charge in [-0.1, -0.05) is 34.1 Å². The molecule has 0 heterocycles. The van der Waals surface area contributed by atoms with Crippen molar-refractivity contribution in [1.29, 1.82) is 0 Å². The van der Waals surface area contributed by atoms with Gasteiger partial charge in [0.25, 0.3) is 0 Å². The number of halogens is 1. The Bertz CT molecular complexity index is 413. The molecule has 0 unspecified atom stereocenters. The molecule has 0 spiro atoms. The van der Waals surface area contributed by atoms with Crippen LogP contribution in [0.25, 0.3) is 0 Å². The number of rotatable bonds is 5. The predicted molar refractivity (Wildman–Crippen MR) is 76.4 cm³/mol. The summed E-state index contributed by atoms with van der Waals surface area (Å²) in [4.78, 5) is 13.8. The van der Waals surface area contributed by atoms with Crippen LogP contribution in [0.1, 0.15) is 26.3 Å². The fraction of sp³-hybridized carbons (Fsp3) is 0.500. The van der Waals surface area contributed by atoms with Crippen LogP contribution in [-0.4, -0.2) is 34.6 Å². The zero-order chi connectivity index (χ0) is 13.8. The minimum Gasteiger partial charge on any atom is -0.389 e. The molecule has 0 saturated carbocycles. The van der Waals surface area contributed by atoms with Crippen molar-refractivity contribution in [3.63, 3.8) is 0 Å². The standard InChI is InChI=1S/C14H20BrNO2/c1-4-16(10-14(2,3)18)13(17)9-11-7-5-6-8-12(11)15/h5-8,18H,4,9-10H2,1-3H3. The maximum absolute atomic E-state index is 12.2. The summed E-state index contributed by atoms with van der Waals surface area (Å²) in [7, 11) is 0. The van der Waals surface area contributed by atoms with Crippen LogP contribution in [0.5, 0.6) is 0 Å². The lowest BCUT2D eigenvalue weighted by molar-refractivity contribution is -0.133. The van der Waals surface area contributed by atoms with Crippen LogP contribution in [0.3, 0.4) is 0 Å². The molecule has 0 aliphatic carbocycles. The van der Waals surface area contributed by atoms with Gasteiger partial charge >= 0.3 is 0 Å². The topological polar surface area (TPSA) is 40.5 Å². The van der Waals surface area contributed by atoms with Gasteiger partial charge in [0, 0.05) is 17.6 Å². The van der Waals surface area contributed by atoms with Gasteiger partial charge in [-0.05, 0) is 32.4 Å². The fourth-order valence-electron chi connectivity index (χ4n) is 1.76. The molecule has 0 saturated heterocycles. The summed E-state index contributed by atoms with van der Waals surface area (Å²) < 4.78 is 0.942. The van der Waals surface area contributed by atoms with Crippen molar-refractivity contribution in [2.24, 2.45) is 0 Å². The van der Waals surface area contributed by atoms with Crippen molar-refractivity contribution in [2.75, 3.05) is 13.1 Å². The molecule has 1 rings (SSSR count). The second kappa shape index (κ2) is 6.34. The van der Waals surface area contributed by atoms with Crippen molar-refractivity contribution in [3.8, 4) is 0 Å². The van der Waals surface area contributed by atoms with E-state index in [1.807, 2.05) is 31.2 Å². The van der Waals surface area contributed by atoms with E-state index in [9.17, 15) is 9.90 Å². The van der Waals surface area contributed by atoms with E-state index in [4.69, 9.17) is 0 Å². The Morgan fingerprint density at radius 3 is 2.50 bits per heavy atom. The van der Waals surface area contributed by atoms with Gasteiger partial charge in [-0.3, -0.25) is 4.79 Å². The number of hydrogen-bond acceptors (Lipinski definition) is 2. The average Bonchev–Trinajstić information content (AvgIpc) is 2.27. The molecule has 1 aromatic carbocycles. The van der Waals surface area contributed by atoms with Gasteiger partial charge in [0.2, 0.25) is 5.91 Å². The number of carbonyl (C=O) groups is 1. The first kappa shape index (κ1) is 15.2.